The average molecular weight is 945 g/mol. The van der Waals surface area contributed by atoms with Gasteiger partial charge in [-0.25, -0.2) is 0 Å². The van der Waals surface area contributed by atoms with Gasteiger partial charge in [0.05, 0.1) is 6.10 Å². The first-order valence-corrected chi connectivity index (χ1v) is 31.4. The molecule has 67 heavy (non-hydrogen) atoms. The Morgan fingerprint density at radius 3 is 0.746 bits per heavy atom. The van der Waals surface area contributed by atoms with Crippen LogP contribution in [0.5, 0.6) is 0 Å². The zero-order valence-electron chi connectivity index (χ0n) is 48.2. The number of carbonyl (C=O) groups is 1. The van der Waals surface area contributed by atoms with Crippen LogP contribution >= 0.6 is 0 Å². The number of rotatable bonds is 0. The second-order valence-corrected chi connectivity index (χ2v) is 21.7. The van der Waals surface area contributed by atoms with Crippen molar-refractivity contribution in [2.75, 3.05) is 13.7 Å². The van der Waals surface area contributed by atoms with Gasteiger partial charge in [-0.2, -0.15) is 0 Å². The van der Waals surface area contributed by atoms with Gasteiger partial charge in [-0.05, 0) is 161 Å². The molecule has 2 unspecified atom stereocenters. The fraction of sp³-hybridized carbons (Fsp3) is 0.984. The molecule has 19 fully saturated rings. The van der Waals surface area contributed by atoms with Crippen LogP contribution in [0.15, 0.2) is 0 Å². The highest BCUT2D eigenvalue weighted by Crippen LogP contribution is 2.53. The van der Waals surface area contributed by atoms with Crippen LogP contribution in [-0.4, -0.2) is 36.6 Å². The quantitative estimate of drug-likeness (QED) is 0.242. The first kappa shape index (κ1) is 66.4. The van der Waals surface area contributed by atoms with Gasteiger partial charge in [-0.15, -0.1) is 0 Å². The van der Waals surface area contributed by atoms with Crippen LogP contribution in [0.1, 0.15) is 310 Å². The van der Waals surface area contributed by atoms with E-state index in [-0.39, 0.29) is 7.43 Å². The minimum Gasteiger partial charge on any atom is -0.378 e. The smallest absolute Gasteiger partial charge is 0.225 e. The lowest BCUT2D eigenvalue weighted by Crippen LogP contribution is -2.49. The molecule has 15 saturated carbocycles. The highest BCUT2D eigenvalue weighted by atomic mass is 16.5. The van der Waals surface area contributed by atoms with E-state index in [0.29, 0.717) is 24.0 Å². The summed E-state index contributed by atoms with van der Waals surface area (Å²) < 4.78 is 5.48. The molecule has 3 heteroatoms. The van der Waals surface area contributed by atoms with Crippen LogP contribution in [0.4, 0.5) is 0 Å². The van der Waals surface area contributed by atoms with E-state index in [4.69, 9.17) is 4.74 Å². The van der Waals surface area contributed by atoms with E-state index >= 15 is 0 Å². The van der Waals surface area contributed by atoms with Crippen LogP contribution in [0, 0.1) is 71.0 Å². The summed E-state index contributed by atoms with van der Waals surface area (Å²) in [5, 5.41) is 0. The van der Waals surface area contributed by atoms with E-state index in [2.05, 4.69) is 0 Å². The first-order chi connectivity index (χ1) is 32.5. The number of hydrogen-bond acceptors (Lipinski definition) is 2. The Hall–Kier alpha value is -0.570. The second kappa shape index (κ2) is 41.0. The van der Waals surface area contributed by atoms with Gasteiger partial charge in [-0.3, -0.25) is 4.79 Å². The minimum atomic E-state index is 0. The summed E-state index contributed by atoms with van der Waals surface area (Å²) in [4.78, 5) is 13.3. The molecule has 4 aliphatic heterocycles. The average Bonchev–Trinajstić information content (AvgIpc) is 4.28. The molecular formula is C64H129NO2. The fourth-order valence-electron chi connectivity index (χ4n) is 13.8. The van der Waals surface area contributed by atoms with Crippen LogP contribution in [-0.2, 0) is 9.53 Å². The Labute approximate surface area is 425 Å². The topological polar surface area (TPSA) is 29.5 Å². The lowest BCUT2D eigenvalue weighted by Gasteiger charge is -2.49. The molecule has 0 N–H and O–H groups in total. The van der Waals surface area contributed by atoms with E-state index in [9.17, 15) is 4.79 Å². The zero-order valence-corrected chi connectivity index (χ0v) is 48.2. The minimum absolute atomic E-state index is 0. The molecule has 0 aromatic carbocycles. The summed E-state index contributed by atoms with van der Waals surface area (Å²) in [6.07, 6.45) is 48.5. The standard InChI is InChI=1S/C8H13NO.2C8H14.C7H12O.C7H12.C6H10.C5H8.7C2H6.CH4/c1-9-7-4-2-6(3-5-7)8(9)10;1-2-8-5-3-7(1)4-6-8;1-2-7-4-5-8(3-1)6-7;1-3-7-4-2-6(1)5-8-7;1-2-7-4-3-6(1)5-7;1-2-6-3-5(1)4-6;1-4-2-5(1)3-4;7*1-2;/h6-7H,2-5H2,1H3;2*7-8H,1-6H2;6-7H,1-5H2;6-7H,1-5H2;5-6H,1-4H2;4-5H,1-3H2;7*1-2H3;1H4. The molecule has 402 valence electrons. The first-order valence-electron chi connectivity index (χ1n) is 31.4. The molecule has 15 aliphatic carbocycles. The molecule has 14 bridgehead atoms. The fourth-order valence-corrected chi connectivity index (χ4v) is 13.8. The van der Waals surface area contributed by atoms with Gasteiger partial charge >= 0.3 is 0 Å². The summed E-state index contributed by atoms with van der Waals surface area (Å²) in [5.74, 6) is 13.5. The Morgan fingerprint density at radius 1 is 0.328 bits per heavy atom. The van der Waals surface area contributed by atoms with Gasteiger partial charge in [0.25, 0.3) is 0 Å². The SMILES string of the molecule is C.C1C2CC1C2.C1CC2CC1C2.C1CC2CCC(C1)C2.C1CC2CCC1C2.C1CC2CCC1CC2.C1CC2CCC1CO2.CC.CC.CC.CC.CC.CC.CC.CN1C(=O)C2CCC1CC2. The van der Waals surface area contributed by atoms with Crippen molar-refractivity contribution in [3.8, 4) is 0 Å². The van der Waals surface area contributed by atoms with Crippen molar-refractivity contribution in [1.29, 1.82) is 0 Å². The molecule has 2 atom stereocenters. The highest BCUT2D eigenvalue weighted by molar-refractivity contribution is 5.80. The highest BCUT2D eigenvalue weighted by Gasteiger charge is 2.41. The molecule has 4 saturated heterocycles. The predicted octanol–water partition coefficient (Wildman–Crippen LogP) is 21.0. The van der Waals surface area contributed by atoms with Crippen LogP contribution < -0.4 is 0 Å². The van der Waals surface area contributed by atoms with Gasteiger partial charge < -0.3 is 9.64 Å². The largest absolute Gasteiger partial charge is 0.378 e. The molecule has 0 aromatic rings. The maximum Gasteiger partial charge on any atom is 0.225 e. The van der Waals surface area contributed by atoms with E-state index in [1.54, 1.807) is 148 Å². The number of fused-ring (bicyclic) bond motifs is 14. The van der Waals surface area contributed by atoms with Crippen molar-refractivity contribution < 1.29 is 9.53 Å². The van der Waals surface area contributed by atoms with Gasteiger partial charge in [-0.1, -0.05) is 214 Å². The molecule has 1 amide bonds. The van der Waals surface area contributed by atoms with Gasteiger partial charge in [0.15, 0.2) is 0 Å². The van der Waals surface area contributed by atoms with Crippen molar-refractivity contribution in [2.45, 2.75) is 322 Å². The molecule has 0 radical (unpaired) electrons. The predicted molar refractivity (Wildman–Crippen MR) is 302 cm³/mol. The van der Waals surface area contributed by atoms with E-state index in [0.717, 1.165) is 49.0 Å². The number of nitrogens with zero attached hydrogens (tertiary/aromatic N) is 1. The Bertz CT molecular complexity index is 920. The molecule has 3 nitrogen and oxygen atoms in total. The normalized spacial score (nSPS) is 36.5. The van der Waals surface area contributed by atoms with E-state index < -0.39 is 0 Å². The van der Waals surface area contributed by atoms with Crippen molar-refractivity contribution in [1.82, 2.24) is 4.90 Å². The summed E-state index contributed by atoms with van der Waals surface area (Å²) in [5.41, 5.74) is 0. The summed E-state index contributed by atoms with van der Waals surface area (Å²) in [6, 6.07) is 0.581. The van der Waals surface area contributed by atoms with Gasteiger partial charge in [0, 0.05) is 25.6 Å². The number of amides is 1. The lowest BCUT2D eigenvalue weighted by atomic mass is 9.56. The molecule has 0 aromatic heterocycles. The maximum absolute atomic E-state index is 11.3. The number of piperidine rings is 2. The molecule has 4 heterocycles. The number of ether oxygens (including phenoxy) is 1. The molecule has 19 rings (SSSR count). The summed E-state index contributed by atoms with van der Waals surface area (Å²) in [6.45, 7) is 29.1. The van der Waals surface area contributed by atoms with Gasteiger partial charge in [0.1, 0.15) is 0 Å². The third kappa shape index (κ3) is 23.7. The third-order valence-electron chi connectivity index (χ3n) is 18.1. The monoisotopic (exact) mass is 944 g/mol. The van der Waals surface area contributed by atoms with Gasteiger partial charge in [0.2, 0.25) is 5.91 Å². The van der Waals surface area contributed by atoms with Crippen LogP contribution in [0.3, 0.4) is 0 Å². The Morgan fingerprint density at radius 2 is 0.597 bits per heavy atom. The third-order valence-corrected chi connectivity index (χ3v) is 18.1. The summed E-state index contributed by atoms with van der Waals surface area (Å²) in [7, 11) is 1.94. The lowest BCUT2D eigenvalue weighted by molar-refractivity contribution is -0.144. The number of hydrogen-bond donors (Lipinski definition) is 0. The molecule has 0 spiro atoms. The molecule has 19 aliphatic rings. The van der Waals surface area contributed by atoms with Crippen molar-refractivity contribution >= 4 is 5.91 Å². The van der Waals surface area contributed by atoms with Crippen LogP contribution in [0.25, 0.3) is 0 Å². The molecular weight excluding hydrogens is 815 g/mol. The Kier molecular flexibility index (Phi) is 40.6. The summed E-state index contributed by atoms with van der Waals surface area (Å²) >= 11 is 0. The van der Waals surface area contributed by atoms with Crippen molar-refractivity contribution in [2.24, 2.45) is 71.0 Å². The second-order valence-electron chi connectivity index (χ2n) is 21.7. The maximum atomic E-state index is 11.3. The van der Waals surface area contributed by atoms with Crippen LogP contribution in [0.2, 0.25) is 0 Å². The number of carbonyl (C=O) groups excluding carboxylic acids is 1. The Balaban J connectivity index is 0.000000728. The van der Waals surface area contributed by atoms with E-state index in [1.165, 1.54) is 80.5 Å². The van der Waals surface area contributed by atoms with E-state index in [1.807, 2.05) is 109 Å². The van der Waals surface area contributed by atoms with Crippen molar-refractivity contribution in [3.63, 3.8) is 0 Å². The van der Waals surface area contributed by atoms with Crippen molar-refractivity contribution in [3.05, 3.63) is 0 Å². The zero-order chi connectivity index (χ0) is 49.3.